The fourth-order valence-electron chi connectivity index (χ4n) is 1.78. The van der Waals surface area contributed by atoms with Crippen LogP contribution in [0.25, 0.3) is 6.08 Å². The van der Waals surface area contributed by atoms with E-state index in [0.717, 1.165) is 0 Å². The highest BCUT2D eigenvalue weighted by Gasteiger charge is 2.01. The van der Waals surface area contributed by atoms with Crippen LogP contribution >= 0.6 is 0 Å². The van der Waals surface area contributed by atoms with Crippen molar-refractivity contribution in [2.24, 2.45) is 0 Å². The average molecular weight is 220 g/mol. The first-order valence-corrected chi connectivity index (χ1v) is 5.81. The second-order valence-corrected chi connectivity index (χ2v) is 3.94. The highest BCUT2D eigenvalue weighted by atomic mass is 14.1. The van der Waals surface area contributed by atoms with Crippen molar-refractivity contribution in [3.8, 4) is 0 Å². The van der Waals surface area contributed by atoms with E-state index in [4.69, 9.17) is 0 Å². The van der Waals surface area contributed by atoms with E-state index in [0.29, 0.717) is 0 Å². The van der Waals surface area contributed by atoms with Crippen molar-refractivity contribution in [1.82, 2.24) is 0 Å². The highest BCUT2D eigenvalue weighted by molar-refractivity contribution is 5.51. The zero-order chi connectivity index (χ0) is 11.9. The first-order valence-electron chi connectivity index (χ1n) is 5.81. The van der Waals surface area contributed by atoms with Crippen LogP contribution in [0.4, 0.5) is 0 Å². The van der Waals surface area contributed by atoms with Crippen molar-refractivity contribution < 1.29 is 0 Å². The molecule has 0 bridgehead atoms. The second-order valence-electron chi connectivity index (χ2n) is 3.94. The maximum atomic E-state index is 3.90. The van der Waals surface area contributed by atoms with Gasteiger partial charge in [0.2, 0.25) is 0 Å². The van der Waals surface area contributed by atoms with Crippen molar-refractivity contribution >= 4 is 6.08 Å². The summed E-state index contributed by atoms with van der Waals surface area (Å²) in [6.45, 7) is 3.90. The van der Waals surface area contributed by atoms with Gasteiger partial charge < -0.3 is 0 Å². The average Bonchev–Trinajstić information content (AvgIpc) is 2.42. The molecule has 0 N–H and O–H groups in total. The van der Waals surface area contributed by atoms with Crippen LogP contribution < -0.4 is 0 Å². The Morgan fingerprint density at radius 2 is 1.41 bits per heavy atom. The molecule has 1 unspecified atom stereocenters. The summed E-state index contributed by atoms with van der Waals surface area (Å²) < 4.78 is 0. The minimum atomic E-state index is 0.274. The first-order chi connectivity index (χ1) is 8.40. The van der Waals surface area contributed by atoms with Crippen LogP contribution in [0.5, 0.6) is 0 Å². The van der Waals surface area contributed by atoms with E-state index in [-0.39, 0.29) is 5.92 Å². The molecule has 84 valence electrons. The summed E-state index contributed by atoms with van der Waals surface area (Å²) in [7, 11) is 0. The molecule has 0 aliphatic carbocycles. The van der Waals surface area contributed by atoms with Gasteiger partial charge in [0.15, 0.2) is 0 Å². The minimum Gasteiger partial charge on any atom is -0.102 e. The Bertz CT molecular complexity index is 480. The molecule has 0 nitrogen and oxygen atoms in total. The predicted octanol–water partition coefficient (Wildman–Crippen LogP) is 4.67. The smallest absolute Gasteiger partial charge is 0.0199 e. The van der Waals surface area contributed by atoms with Crippen molar-refractivity contribution in [1.29, 1.82) is 0 Å². The van der Waals surface area contributed by atoms with E-state index in [1.807, 2.05) is 30.3 Å². The van der Waals surface area contributed by atoms with E-state index in [1.54, 1.807) is 0 Å². The van der Waals surface area contributed by atoms with Gasteiger partial charge in [-0.25, -0.2) is 0 Å². The molecule has 0 aliphatic heterocycles. The number of rotatable bonds is 4. The van der Waals surface area contributed by atoms with Crippen LogP contribution in [0.15, 0.2) is 79.4 Å². The molecular weight excluding hydrogens is 204 g/mol. The lowest BCUT2D eigenvalue weighted by Crippen LogP contribution is -1.89. The van der Waals surface area contributed by atoms with Crippen molar-refractivity contribution in [2.45, 2.75) is 5.92 Å². The van der Waals surface area contributed by atoms with Gasteiger partial charge in [-0.15, -0.1) is 6.58 Å². The molecule has 0 saturated carbocycles. The minimum absolute atomic E-state index is 0.274. The third kappa shape index (κ3) is 3.18. The van der Waals surface area contributed by atoms with Gasteiger partial charge in [0.05, 0.1) is 0 Å². The van der Waals surface area contributed by atoms with Gasteiger partial charge in [0, 0.05) is 5.92 Å². The Hall–Kier alpha value is -2.08. The summed E-state index contributed by atoms with van der Waals surface area (Å²) in [5.74, 6) is 0.274. The van der Waals surface area contributed by atoms with Crippen LogP contribution in [-0.4, -0.2) is 0 Å². The van der Waals surface area contributed by atoms with Crippen LogP contribution in [0.1, 0.15) is 17.0 Å². The van der Waals surface area contributed by atoms with Gasteiger partial charge in [-0.3, -0.25) is 0 Å². The topological polar surface area (TPSA) is 0 Å². The van der Waals surface area contributed by atoms with E-state index < -0.39 is 0 Å². The van der Waals surface area contributed by atoms with Gasteiger partial charge >= 0.3 is 0 Å². The number of hydrogen-bond acceptors (Lipinski definition) is 0. The largest absolute Gasteiger partial charge is 0.102 e. The number of hydrogen-bond donors (Lipinski definition) is 0. The molecule has 0 saturated heterocycles. The maximum absolute atomic E-state index is 3.90. The summed E-state index contributed by atoms with van der Waals surface area (Å²) in [4.78, 5) is 0. The molecule has 0 radical (unpaired) electrons. The molecule has 2 aromatic rings. The third-order valence-electron chi connectivity index (χ3n) is 2.73. The standard InChI is InChI=1S/C17H16/c1-2-16(17-11-7-4-8-12-17)14-13-15-9-5-3-6-10-15/h2-14,16H,1H2/b14-13+. The van der Waals surface area contributed by atoms with Crippen molar-refractivity contribution in [3.63, 3.8) is 0 Å². The molecule has 0 aromatic heterocycles. The van der Waals surface area contributed by atoms with Crippen molar-refractivity contribution in [3.05, 3.63) is 90.5 Å². The molecule has 0 heteroatoms. The number of allylic oxidation sites excluding steroid dienone is 2. The molecule has 2 rings (SSSR count). The fraction of sp³-hybridized carbons (Fsp3) is 0.0588. The van der Waals surface area contributed by atoms with Gasteiger partial charge in [-0.05, 0) is 11.1 Å². The molecule has 0 spiro atoms. The lowest BCUT2D eigenvalue weighted by molar-refractivity contribution is 1.09. The Kier molecular flexibility index (Phi) is 3.93. The monoisotopic (exact) mass is 220 g/mol. The van der Waals surface area contributed by atoms with E-state index in [1.165, 1.54) is 11.1 Å². The van der Waals surface area contributed by atoms with E-state index in [9.17, 15) is 0 Å². The molecular formula is C17H16. The Labute approximate surface area is 103 Å². The van der Waals surface area contributed by atoms with Gasteiger partial charge in [0.25, 0.3) is 0 Å². The molecule has 0 amide bonds. The fourth-order valence-corrected chi connectivity index (χ4v) is 1.78. The van der Waals surface area contributed by atoms with Gasteiger partial charge in [-0.1, -0.05) is 78.9 Å². The molecule has 2 aromatic carbocycles. The quantitative estimate of drug-likeness (QED) is 0.657. The normalized spacial score (nSPS) is 12.5. The SMILES string of the molecule is C=CC(/C=C/c1ccccc1)c1ccccc1. The lowest BCUT2D eigenvalue weighted by atomic mass is 9.98. The van der Waals surface area contributed by atoms with Gasteiger partial charge in [-0.2, -0.15) is 0 Å². The Balaban J connectivity index is 2.16. The summed E-state index contributed by atoms with van der Waals surface area (Å²) in [6.07, 6.45) is 6.28. The summed E-state index contributed by atoms with van der Waals surface area (Å²) in [5, 5.41) is 0. The van der Waals surface area contributed by atoms with Crippen LogP contribution in [-0.2, 0) is 0 Å². The van der Waals surface area contributed by atoms with Gasteiger partial charge in [0.1, 0.15) is 0 Å². The van der Waals surface area contributed by atoms with Crippen LogP contribution in [0.2, 0.25) is 0 Å². The van der Waals surface area contributed by atoms with E-state index in [2.05, 4.69) is 55.1 Å². The zero-order valence-corrected chi connectivity index (χ0v) is 9.79. The Morgan fingerprint density at radius 3 is 2.00 bits per heavy atom. The molecule has 17 heavy (non-hydrogen) atoms. The summed E-state index contributed by atoms with van der Waals surface area (Å²) in [5.41, 5.74) is 2.49. The summed E-state index contributed by atoms with van der Waals surface area (Å²) >= 11 is 0. The second kappa shape index (κ2) is 5.86. The lowest BCUT2D eigenvalue weighted by Gasteiger charge is -2.07. The summed E-state index contributed by atoms with van der Waals surface area (Å²) in [6, 6.07) is 20.7. The number of benzene rings is 2. The Morgan fingerprint density at radius 1 is 0.824 bits per heavy atom. The maximum Gasteiger partial charge on any atom is 0.0199 e. The van der Waals surface area contributed by atoms with Crippen molar-refractivity contribution in [2.75, 3.05) is 0 Å². The first kappa shape index (κ1) is 11.4. The highest BCUT2D eigenvalue weighted by Crippen LogP contribution is 2.19. The zero-order valence-electron chi connectivity index (χ0n) is 9.79. The molecule has 0 aliphatic rings. The third-order valence-corrected chi connectivity index (χ3v) is 2.73. The van der Waals surface area contributed by atoms with E-state index >= 15 is 0 Å². The van der Waals surface area contributed by atoms with Crippen LogP contribution in [0, 0.1) is 0 Å². The predicted molar refractivity (Wildman–Crippen MR) is 74.9 cm³/mol. The molecule has 0 heterocycles. The van der Waals surface area contributed by atoms with Crippen LogP contribution in [0.3, 0.4) is 0 Å². The molecule has 1 atom stereocenters. The molecule has 0 fully saturated rings.